The van der Waals surface area contributed by atoms with Crippen LogP contribution in [0.3, 0.4) is 0 Å². The predicted molar refractivity (Wildman–Crippen MR) is 70.6 cm³/mol. The lowest BCUT2D eigenvalue weighted by Gasteiger charge is -2.18. The molecule has 0 bridgehead atoms. The Morgan fingerprint density at radius 1 is 1.29 bits per heavy atom. The molecule has 0 aliphatic heterocycles. The highest BCUT2D eigenvalue weighted by Crippen LogP contribution is 2.17. The smallest absolute Gasteiger partial charge is 0.331 e. The minimum atomic E-state index is -0.862. The maximum atomic E-state index is 10.7. The van der Waals surface area contributed by atoms with Gasteiger partial charge in [-0.25, -0.2) is 4.79 Å². The van der Waals surface area contributed by atoms with Gasteiger partial charge in [0.25, 0.3) is 0 Å². The second-order valence-corrected chi connectivity index (χ2v) is 4.42. The van der Waals surface area contributed by atoms with Crippen LogP contribution in [0.2, 0.25) is 0 Å². The van der Waals surface area contributed by atoms with Gasteiger partial charge in [-0.1, -0.05) is 12.1 Å². The topological polar surface area (TPSA) is 40.5 Å². The molecule has 0 amide bonds. The van der Waals surface area contributed by atoms with Crippen molar-refractivity contribution >= 4 is 11.7 Å². The summed E-state index contributed by atoms with van der Waals surface area (Å²) >= 11 is 0. The average Bonchev–Trinajstić information content (AvgIpc) is 2.23. The van der Waals surface area contributed by atoms with Crippen LogP contribution in [0.25, 0.3) is 0 Å². The summed E-state index contributed by atoms with van der Waals surface area (Å²) < 4.78 is 0. The van der Waals surface area contributed by atoms with Crippen molar-refractivity contribution in [3.05, 3.63) is 41.0 Å². The Morgan fingerprint density at radius 2 is 1.82 bits per heavy atom. The van der Waals surface area contributed by atoms with Gasteiger partial charge in [-0.3, -0.25) is 0 Å². The van der Waals surface area contributed by atoms with Crippen molar-refractivity contribution in [1.82, 2.24) is 0 Å². The summed E-state index contributed by atoms with van der Waals surface area (Å²) in [5.74, 6) is -0.862. The summed E-state index contributed by atoms with van der Waals surface area (Å²) in [6.07, 6.45) is 1.72. The Hall–Kier alpha value is -1.77. The maximum Gasteiger partial charge on any atom is 0.331 e. The molecule has 0 saturated carbocycles. The van der Waals surface area contributed by atoms with E-state index in [1.165, 1.54) is 11.1 Å². The van der Waals surface area contributed by atoms with Crippen LogP contribution in [-0.4, -0.2) is 24.7 Å². The molecule has 1 N–H and O–H groups in total. The average molecular weight is 233 g/mol. The minimum Gasteiger partial charge on any atom is -0.478 e. The van der Waals surface area contributed by atoms with Gasteiger partial charge in [-0.05, 0) is 44.0 Å². The van der Waals surface area contributed by atoms with Gasteiger partial charge in [0.2, 0.25) is 0 Å². The van der Waals surface area contributed by atoms with Crippen molar-refractivity contribution in [1.29, 1.82) is 0 Å². The molecule has 0 saturated heterocycles. The van der Waals surface area contributed by atoms with Gasteiger partial charge in [-0.15, -0.1) is 0 Å². The Morgan fingerprint density at radius 3 is 2.29 bits per heavy atom. The van der Waals surface area contributed by atoms with Crippen LogP contribution in [0, 0.1) is 13.8 Å². The number of aryl methyl sites for hydroxylation is 2. The molecule has 0 radical (unpaired) electrons. The van der Waals surface area contributed by atoms with Crippen LogP contribution in [0.4, 0.5) is 5.69 Å². The van der Waals surface area contributed by atoms with Gasteiger partial charge in [0.1, 0.15) is 0 Å². The molecule has 0 spiro atoms. The normalized spacial score (nSPS) is 11.4. The third-order valence-electron chi connectivity index (χ3n) is 2.66. The first-order valence-corrected chi connectivity index (χ1v) is 5.59. The standard InChI is InChI=1S/C14H19NO2/c1-10-7-11(2)9-13(8-10)15(4)6-5-12(3)14(16)17/h5,7-9H,6H2,1-4H3,(H,16,17). The monoisotopic (exact) mass is 233 g/mol. The molecule has 92 valence electrons. The number of hydrogen-bond donors (Lipinski definition) is 1. The predicted octanol–water partition coefficient (Wildman–Crippen LogP) is 2.77. The fourth-order valence-electron chi connectivity index (χ4n) is 1.64. The fraction of sp³-hybridized carbons (Fsp3) is 0.357. The maximum absolute atomic E-state index is 10.7. The molecule has 0 fully saturated rings. The van der Waals surface area contributed by atoms with E-state index in [0.29, 0.717) is 12.1 Å². The lowest BCUT2D eigenvalue weighted by molar-refractivity contribution is -0.132. The van der Waals surface area contributed by atoms with E-state index in [1.807, 2.05) is 11.9 Å². The van der Waals surface area contributed by atoms with Gasteiger partial charge in [0.05, 0.1) is 0 Å². The third-order valence-corrected chi connectivity index (χ3v) is 2.66. The van der Waals surface area contributed by atoms with Crippen molar-refractivity contribution < 1.29 is 9.90 Å². The van der Waals surface area contributed by atoms with Crippen LogP contribution in [0.1, 0.15) is 18.1 Å². The van der Waals surface area contributed by atoms with Crippen molar-refractivity contribution in [3.8, 4) is 0 Å². The molecule has 0 atom stereocenters. The number of carbonyl (C=O) groups is 1. The van der Waals surface area contributed by atoms with Gasteiger partial charge >= 0.3 is 5.97 Å². The van der Waals surface area contributed by atoms with Crippen molar-refractivity contribution in [2.75, 3.05) is 18.5 Å². The zero-order chi connectivity index (χ0) is 13.0. The van der Waals surface area contributed by atoms with Crippen LogP contribution < -0.4 is 4.90 Å². The molecule has 0 unspecified atom stereocenters. The zero-order valence-electron chi connectivity index (χ0n) is 10.8. The van der Waals surface area contributed by atoms with E-state index in [1.54, 1.807) is 13.0 Å². The molecule has 0 heterocycles. The van der Waals surface area contributed by atoms with Gasteiger partial charge in [0, 0.05) is 24.9 Å². The van der Waals surface area contributed by atoms with Crippen LogP contribution in [0.15, 0.2) is 29.8 Å². The lowest BCUT2D eigenvalue weighted by Crippen LogP contribution is -2.18. The van der Waals surface area contributed by atoms with Crippen LogP contribution in [0.5, 0.6) is 0 Å². The second-order valence-electron chi connectivity index (χ2n) is 4.42. The van der Waals surface area contributed by atoms with E-state index in [2.05, 4.69) is 32.0 Å². The number of aliphatic carboxylic acids is 1. The minimum absolute atomic E-state index is 0.376. The SMILES string of the molecule is CC(=CCN(C)c1cc(C)cc(C)c1)C(=O)O. The summed E-state index contributed by atoms with van der Waals surface area (Å²) in [5.41, 5.74) is 3.91. The molecule has 0 aromatic heterocycles. The van der Waals surface area contributed by atoms with E-state index in [-0.39, 0.29) is 0 Å². The highest BCUT2D eigenvalue weighted by Gasteiger charge is 2.03. The Labute approximate surface area is 102 Å². The number of nitrogens with zero attached hydrogens (tertiary/aromatic N) is 1. The molecule has 0 aliphatic carbocycles. The first-order valence-electron chi connectivity index (χ1n) is 5.59. The van der Waals surface area contributed by atoms with E-state index in [0.717, 1.165) is 5.69 Å². The van der Waals surface area contributed by atoms with Crippen molar-refractivity contribution in [3.63, 3.8) is 0 Å². The van der Waals surface area contributed by atoms with Crippen LogP contribution >= 0.6 is 0 Å². The van der Waals surface area contributed by atoms with Gasteiger partial charge < -0.3 is 10.0 Å². The molecule has 1 aromatic rings. The summed E-state index contributed by atoms with van der Waals surface area (Å²) in [6, 6.07) is 6.31. The van der Waals surface area contributed by atoms with Gasteiger partial charge in [-0.2, -0.15) is 0 Å². The lowest BCUT2D eigenvalue weighted by atomic mass is 10.1. The molecule has 1 aromatic carbocycles. The Balaban J connectivity index is 2.80. The van der Waals surface area contributed by atoms with Gasteiger partial charge in [0.15, 0.2) is 0 Å². The largest absolute Gasteiger partial charge is 0.478 e. The highest BCUT2D eigenvalue weighted by molar-refractivity contribution is 5.85. The Bertz CT molecular complexity index is 429. The molecule has 17 heavy (non-hydrogen) atoms. The molecule has 0 aliphatic rings. The summed E-state index contributed by atoms with van der Waals surface area (Å²) in [5, 5.41) is 8.77. The summed E-state index contributed by atoms with van der Waals surface area (Å²) in [4.78, 5) is 12.7. The quantitative estimate of drug-likeness (QED) is 0.813. The number of benzene rings is 1. The summed E-state index contributed by atoms with van der Waals surface area (Å²) in [7, 11) is 1.96. The molecule has 3 nitrogen and oxygen atoms in total. The highest BCUT2D eigenvalue weighted by atomic mass is 16.4. The van der Waals surface area contributed by atoms with Crippen LogP contribution in [-0.2, 0) is 4.79 Å². The summed E-state index contributed by atoms with van der Waals surface area (Å²) in [6.45, 7) is 6.32. The van der Waals surface area contributed by atoms with E-state index >= 15 is 0 Å². The van der Waals surface area contributed by atoms with E-state index in [9.17, 15) is 4.79 Å². The number of carboxylic acids is 1. The first-order chi connectivity index (χ1) is 7.90. The second kappa shape index (κ2) is 5.53. The fourth-order valence-corrected chi connectivity index (χ4v) is 1.64. The van der Waals surface area contributed by atoms with E-state index in [4.69, 9.17) is 5.11 Å². The van der Waals surface area contributed by atoms with Crippen molar-refractivity contribution in [2.24, 2.45) is 0 Å². The third kappa shape index (κ3) is 3.94. The number of rotatable bonds is 4. The number of likely N-dealkylation sites (N-methyl/N-ethyl adjacent to an activating group) is 1. The molecular weight excluding hydrogens is 214 g/mol. The zero-order valence-corrected chi connectivity index (χ0v) is 10.8. The van der Waals surface area contributed by atoms with E-state index < -0.39 is 5.97 Å². The number of carboxylic acid groups (broad SMARTS) is 1. The number of hydrogen-bond acceptors (Lipinski definition) is 2. The molecular formula is C14H19NO2. The number of anilines is 1. The molecule has 3 heteroatoms. The molecule has 1 rings (SSSR count). The first kappa shape index (κ1) is 13.3. The van der Waals surface area contributed by atoms with Crippen molar-refractivity contribution in [2.45, 2.75) is 20.8 Å². The Kier molecular flexibility index (Phi) is 4.32.